The van der Waals surface area contributed by atoms with E-state index in [4.69, 9.17) is 0 Å². The summed E-state index contributed by atoms with van der Waals surface area (Å²) in [5, 5.41) is 2.94. The van der Waals surface area contributed by atoms with Gasteiger partial charge in [-0.15, -0.1) is 0 Å². The first-order chi connectivity index (χ1) is 7.58. The molecule has 0 amide bonds. The van der Waals surface area contributed by atoms with Crippen LogP contribution in [0, 0.1) is 11.6 Å². The smallest absolute Gasteiger partial charge is 0.128 e. The minimum absolute atomic E-state index is 0.476. The third-order valence-corrected chi connectivity index (χ3v) is 1.75. The average molecular weight is 230 g/mol. The van der Waals surface area contributed by atoms with Crippen LogP contribution in [0.25, 0.3) is 0 Å². The minimum atomic E-state index is -0.558. The Bertz CT molecular complexity index is 281. The van der Waals surface area contributed by atoms with Crippen molar-refractivity contribution in [3.8, 4) is 0 Å². The molecule has 1 N–H and O–H groups in total. The summed E-state index contributed by atoms with van der Waals surface area (Å²) in [6.07, 6.45) is 0. The summed E-state index contributed by atoms with van der Waals surface area (Å²) in [6.45, 7) is 5.48. The summed E-state index contributed by atoms with van der Waals surface area (Å²) in [7, 11) is 3.88. The van der Waals surface area contributed by atoms with Gasteiger partial charge < -0.3 is 10.2 Å². The predicted molar refractivity (Wildman–Crippen MR) is 64.7 cm³/mol. The number of anilines is 1. The van der Waals surface area contributed by atoms with Crippen LogP contribution in [-0.4, -0.2) is 32.1 Å². The number of likely N-dealkylation sites (N-methyl/N-ethyl adjacent to an activating group) is 1. The fourth-order valence-corrected chi connectivity index (χ4v) is 1.08. The van der Waals surface area contributed by atoms with Gasteiger partial charge >= 0.3 is 0 Å². The summed E-state index contributed by atoms with van der Waals surface area (Å²) >= 11 is 0. The molecule has 0 fully saturated rings. The molecule has 0 spiro atoms. The van der Waals surface area contributed by atoms with E-state index in [2.05, 4.69) is 5.32 Å². The van der Waals surface area contributed by atoms with Crippen molar-refractivity contribution in [1.82, 2.24) is 4.90 Å². The summed E-state index contributed by atoms with van der Waals surface area (Å²) in [5.41, 5.74) is 0.476. The van der Waals surface area contributed by atoms with E-state index in [9.17, 15) is 8.78 Å². The van der Waals surface area contributed by atoms with Crippen molar-refractivity contribution in [1.29, 1.82) is 0 Å². The molecule has 0 aromatic heterocycles. The molecule has 0 saturated carbocycles. The van der Waals surface area contributed by atoms with Gasteiger partial charge in [-0.05, 0) is 26.2 Å². The van der Waals surface area contributed by atoms with Crippen LogP contribution in [-0.2, 0) is 0 Å². The number of hydrogen-bond acceptors (Lipinski definition) is 2. The van der Waals surface area contributed by atoms with Gasteiger partial charge in [-0.1, -0.05) is 13.8 Å². The van der Waals surface area contributed by atoms with E-state index in [1.807, 2.05) is 32.8 Å². The van der Waals surface area contributed by atoms with Crippen LogP contribution in [0.3, 0.4) is 0 Å². The lowest BCUT2D eigenvalue weighted by Gasteiger charge is -2.11. The largest absolute Gasteiger partial charge is 0.384 e. The molecule has 0 unspecified atom stereocenters. The van der Waals surface area contributed by atoms with Crippen LogP contribution >= 0.6 is 0 Å². The normalized spacial score (nSPS) is 9.69. The second-order valence-electron chi connectivity index (χ2n) is 3.39. The minimum Gasteiger partial charge on any atom is -0.384 e. The third-order valence-electron chi connectivity index (χ3n) is 1.75. The van der Waals surface area contributed by atoms with Crippen molar-refractivity contribution in [2.45, 2.75) is 13.8 Å². The number of nitrogens with one attached hydrogen (secondary N) is 1. The molecule has 1 rings (SSSR count). The van der Waals surface area contributed by atoms with E-state index in [0.717, 1.165) is 12.6 Å². The van der Waals surface area contributed by atoms with E-state index < -0.39 is 11.6 Å². The zero-order valence-corrected chi connectivity index (χ0v) is 10.3. The van der Waals surface area contributed by atoms with Crippen molar-refractivity contribution >= 4 is 5.69 Å². The second-order valence-corrected chi connectivity index (χ2v) is 3.39. The first-order valence-corrected chi connectivity index (χ1v) is 5.42. The molecule has 0 aliphatic heterocycles. The Hall–Kier alpha value is -1.16. The van der Waals surface area contributed by atoms with Gasteiger partial charge in [0.2, 0.25) is 0 Å². The standard InChI is InChI=1S/C10H14F2N2.C2H6/c1-14(2)4-3-13-10-6-8(11)5-9(12)7-10;1-2/h5-7,13H,3-4H2,1-2H3;1-2H3. The lowest BCUT2D eigenvalue weighted by Crippen LogP contribution is -2.20. The number of benzene rings is 1. The van der Waals surface area contributed by atoms with Crippen molar-refractivity contribution in [3.05, 3.63) is 29.8 Å². The van der Waals surface area contributed by atoms with Gasteiger partial charge in [0.1, 0.15) is 11.6 Å². The molecule has 4 heteroatoms. The van der Waals surface area contributed by atoms with Crippen molar-refractivity contribution in [2.75, 3.05) is 32.5 Å². The first kappa shape index (κ1) is 14.8. The fraction of sp³-hybridized carbons (Fsp3) is 0.500. The van der Waals surface area contributed by atoms with E-state index in [1.54, 1.807) is 0 Å². The Kier molecular flexibility index (Phi) is 7.46. The SMILES string of the molecule is CC.CN(C)CCNc1cc(F)cc(F)c1. The molecule has 0 radical (unpaired) electrons. The highest BCUT2D eigenvalue weighted by Crippen LogP contribution is 2.12. The Labute approximate surface area is 96.3 Å². The predicted octanol–water partition coefficient (Wildman–Crippen LogP) is 2.96. The van der Waals surface area contributed by atoms with Gasteiger partial charge in [-0.25, -0.2) is 8.78 Å². The Balaban J connectivity index is 0.00000106. The molecule has 1 aromatic rings. The van der Waals surface area contributed by atoms with Crippen molar-refractivity contribution in [3.63, 3.8) is 0 Å². The number of rotatable bonds is 4. The summed E-state index contributed by atoms with van der Waals surface area (Å²) in [6, 6.07) is 3.41. The highest BCUT2D eigenvalue weighted by atomic mass is 19.1. The molecular formula is C12H20F2N2. The van der Waals surface area contributed by atoms with E-state index in [1.165, 1.54) is 12.1 Å². The van der Waals surface area contributed by atoms with Crippen LogP contribution in [0.5, 0.6) is 0 Å². The van der Waals surface area contributed by atoms with E-state index in [-0.39, 0.29) is 0 Å². The monoisotopic (exact) mass is 230 g/mol. The Morgan fingerprint density at radius 3 is 2.00 bits per heavy atom. The first-order valence-electron chi connectivity index (χ1n) is 5.42. The summed E-state index contributed by atoms with van der Waals surface area (Å²) in [4.78, 5) is 1.99. The molecular weight excluding hydrogens is 210 g/mol. The van der Waals surface area contributed by atoms with Gasteiger partial charge in [0.05, 0.1) is 0 Å². The van der Waals surface area contributed by atoms with Crippen LogP contribution < -0.4 is 5.32 Å². The molecule has 0 bridgehead atoms. The fourth-order valence-electron chi connectivity index (χ4n) is 1.08. The highest BCUT2D eigenvalue weighted by Gasteiger charge is 1.99. The lowest BCUT2D eigenvalue weighted by molar-refractivity contribution is 0.425. The zero-order valence-electron chi connectivity index (χ0n) is 10.3. The van der Waals surface area contributed by atoms with Gasteiger partial charge in [-0.3, -0.25) is 0 Å². The van der Waals surface area contributed by atoms with Crippen LogP contribution in [0.2, 0.25) is 0 Å². The molecule has 0 heterocycles. The molecule has 2 nitrogen and oxygen atoms in total. The van der Waals surface area contributed by atoms with Gasteiger partial charge in [0.15, 0.2) is 0 Å². The number of halogens is 2. The molecule has 1 aromatic carbocycles. The molecule has 16 heavy (non-hydrogen) atoms. The van der Waals surface area contributed by atoms with Crippen molar-refractivity contribution in [2.24, 2.45) is 0 Å². The van der Waals surface area contributed by atoms with Crippen LogP contribution in [0.1, 0.15) is 13.8 Å². The molecule has 0 aliphatic rings. The summed E-state index contributed by atoms with van der Waals surface area (Å²) in [5.74, 6) is -1.12. The quantitative estimate of drug-likeness (QED) is 0.855. The molecule has 0 atom stereocenters. The Morgan fingerprint density at radius 2 is 1.56 bits per heavy atom. The van der Waals surface area contributed by atoms with Crippen LogP contribution in [0.4, 0.5) is 14.5 Å². The maximum Gasteiger partial charge on any atom is 0.128 e. The topological polar surface area (TPSA) is 15.3 Å². The Morgan fingerprint density at radius 1 is 1.06 bits per heavy atom. The molecule has 0 saturated heterocycles. The summed E-state index contributed by atoms with van der Waals surface area (Å²) < 4.78 is 25.4. The van der Waals surface area contributed by atoms with E-state index >= 15 is 0 Å². The van der Waals surface area contributed by atoms with Crippen LogP contribution in [0.15, 0.2) is 18.2 Å². The van der Waals surface area contributed by atoms with Gasteiger partial charge in [0, 0.05) is 24.8 Å². The van der Waals surface area contributed by atoms with Gasteiger partial charge in [0.25, 0.3) is 0 Å². The number of hydrogen-bond donors (Lipinski definition) is 1. The maximum atomic E-state index is 12.7. The van der Waals surface area contributed by atoms with Crippen molar-refractivity contribution < 1.29 is 8.78 Å². The zero-order chi connectivity index (χ0) is 12.6. The van der Waals surface area contributed by atoms with E-state index in [0.29, 0.717) is 12.2 Å². The average Bonchev–Trinajstić information content (AvgIpc) is 2.18. The van der Waals surface area contributed by atoms with Gasteiger partial charge in [-0.2, -0.15) is 0 Å². The molecule has 92 valence electrons. The number of nitrogens with zero attached hydrogens (tertiary/aromatic N) is 1. The lowest BCUT2D eigenvalue weighted by atomic mass is 10.3. The third kappa shape index (κ3) is 6.35. The molecule has 0 aliphatic carbocycles. The second kappa shape index (κ2) is 8.05. The maximum absolute atomic E-state index is 12.7. The highest BCUT2D eigenvalue weighted by molar-refractivity contribution is 5.43.